The van der Waals surface area contributed by atoms with Crippen LogP contribution in [-0.2, 0) is 16.1 Å². The van der Waals surface area contributed by atoms with E-state index in [2.05, 4.69) is 46.4 Å². The summed E-state index contributed by atoms with van der Waals surface area (Å²) in [7, 11) is 1.38. The minimum atomic E-state index is -0.221. The molecule has 8 heteroatoms. The Morgan fingerprint density at radius 1 is 1.47 bits per heavy atom. The van der Waals surface area contributed by atoms with E-state index in [0.717, 1.165) is 11.7 Å². The van der Waals surface area contributed by atoms with Crippen LogP contribution in [0.2, 0.25) is 0 Å². The summed E-state index contributed by atoms with van der Waals surface area (Å²) in [4.78, 5) is 11.0. The number of carbonyl (C=O) groups is 1. The Morgan fingerprint density at radius 3 is 2.84 bits per heavy atom. The van der Waals surface area contributed by atoms with Gasteiger partial charge >= 0.3 is 5.97 Å². The second-order valence-electron chi connectivity index (χ2n) is 5.04. The lowest BCUT2D eigenvalue weighted by Gasteiger charge is -2.20. The van der Waals surface area contributed by atoms with Gasteiger partial charge in [-0.1, -0.05) is 11.8 Å². The molecule has 0 fully saturated rings. The second kappa shape index (κ2) is 7.44. The van der Waals surface area contributed by atoms with Crippen molar-refractivity contribution in [2.45, 2.75) is 44.4 Å². The number of hydrogen-bond donors (Lipinski definition) is 1. The fourth-order valence-electron chi connectivity index (χ4n) is 1.30. The van der Waals surface area contributed by atoms with Crippen molar-refractivity contribution in [3.8, 4) is 0 Å². The van der Waals surface area contributed by atoms with Crippen LogP contribution in [-0.4, -0.2) is 51.1 Å². The first-order valence-electron chi connectivity index (χ1n) is 6.13. The minimum absolute atomic E-state index is 0.0756. The Labute approximate surface area is 117 Å². The third kappa shape index (κ3) is 6.53. The van der Waals surface area contributed by atoms with Crippen LogP contribution in [0, 0.1) is 0 Å². The molecular weight excluding hydrogens is 266 g/mol. The first-order chi connectivity index (χ1) is 8.92. The molecule has 1 aromatic rings. The number of thioether (sulfide) groups is 1. The molecule has 0 spiro atoms. The highest BCUT2D eigenvalue weighted by Gasteiger charge is 2.11. The monoisotopic (exact) mass is 287 g/mol. The number of rotatable bonds is 7. The van der Waals surface area contributed by atoms with E-state index in [1.807, 2.05) is 0 Å². The van der Waals surface area contributed by atoms with Gasteiger partial charge in [0.1, 0.15) is 0 Å². The van der Waals surface area contributed by atoms with Crippen LogP contribution in [0.5, 0.6) is 0 Å². The lowest BCUT2D eigenvalue weighted by atomic mass is 10.1. The molecule has 1 heterocycles. The van der Waals surface area contributed by atoms with Crippen LogP contribution < -0.4 is 5.32 Å². The molecule has 0 radical (unpaired) electrons. The van der Waals surface area contributed by atoms with Gasteiger partial charge in [-0.25, -0.2) is 4.68 Å². The highest BCUT2D eigenvalue weighted by molar-refractivity contribution is 7.99. The Bertz CT molecular complexity index is 402. The molecule has 108 valence electrons. The summed E-state index contributed by atoms with van der Waals surface area (Å²) >= 11 is 1.45. The molecule has 0 saturated carbocycles. The predicted molar refractivity (Wildman–Crippen MR) is 72.9 cm³/mol. The summed E-state index contributed by atoms with van der Waals surface area (Å²) in [6, 6.07) is 0. The summed E-state index contributed by atoms with van der Waals surface area (Å²) in [5.41, 5.74) is 0.0756. The molecule has 0 aliphatic rings. The topological polar surface area (TPSA) is 81.9 Å². The fraction of sp³-hybridized carbons (Fsp3) is 0.818. The summed E-state index contributed by atoms with van der Waals surface area (Å²) in [6.45, 7) is 7.82. The van der Waals surface area contributed by atoms with Gasteiger partial charge in [-0.2, -0.15) is 0 Å². The number of nitrogens with zero attached hydrogens (tertiary/aromatic N) is 4. The van der Waals surface area contributed by atoms with Crippen LogP contribution >= 0.6 is 11.8 Å². The van der Waals surface area contributed by atoms with Crippen LogP contribution in [0.25, 0.3) is 0 Å². The molecule has 0 unspecified atom stereocenters. The average Bonchev–Trinajstić information content (AvgIpc) is 2.75. The molecule has 0 aromatic carbocycles. The number of ether oxygens (including phenoxy) is 1. The summed E-state index contributed by atoms with van der Waals surface area (Å²) in [6.07, 6.45) is 0.355. The van der Waals surface area contributed by atoms with Gasteiger partial charge in [0.2, 0.25) is 5.16 Å². The van der Waals surface area contributed by atoms with Crippen molar-refractivity contribution >= 4 is 17.7 Å². The van der Waals surface area contributed by atoms with Gasteiger partial charge < -0.3 is 10.1 Å². The molecule has 1 N–H and O–H groups in total. The predicted octanol–water partition coefficient (Wildman–Crippen LogP) is 0.716. The van der Waals surface area contributed by atoms with Gasteiger partial charge in [-0.05, 0) is 31.2 Å². The number of tetrazole rings is 1. The van der Waals surface area contributed by atoms with E-state index in [0.29, 0.717) is 18.7 Å². The lowest BCUT2D eigenvalue weighted by Crippen LogP contribution is -2.38. The number of hydrogen-bond acceptors (Lipinski definition) is 7. The molecule has 1 rings (SSSR count). The largest absolute Gasteiger partial charge is 0.469 e. The van der Waals surface area contributed by atoms with Gasteiger partial charge in [0.15, 0.2) is 0 Å². The third-order valence-corrected chi connectivity index (χ3v) is 3.20. The highest BCUT2D eigenvalue weighted by atomic mass is 32.2. The molecule has 0 amide bonds. The van der Waals surface area contributed by atoms with E-state index >= 15 is 0 Å². The minimum Gasteiger partial charge on any atom is -0.469 e. The summed E-state index contributed by atoms with van der Waals surface area (Å²) in [5, 5.41) is 15.6. The fourth-order valence-corrected chi connectivity index (χ4v) is 2.13. The number of esters is 1. The molecule has 0 aliphatic carbocycles. The first-order valence-corrected chi connectivity index (χ1v) is 7.12. The van der Waals surface area contributed by atoms with Gasteiger partial charge in [0.25, 0.3) is 0 Å². The molecule has 7 nitrogen and oxygen atoms in total. The Kier molecular flexibility index (Phi) is 6.23. The van der Waals surface area contributed by atoms with Gasteiger partial charge in [-0.3, -0.25) is 4.79 Å². The van der Waals surface area contributed by atoms with Crippen LogP contribution in [0.1, 0.15) is 27.2 Å². The number of nitrogens with one attached hydrogen (secondary N) is 1. The SMILES string of the molecule is COC(=O)CCSc1nnnn1CCNC(C)(C)C. The van der Waals surface area contributed by atoms with Crippen LogP contribution in [0.15, 0.2) is 5.16 Å². The maximum absolute atomic E-state index is 11.0. The third-order valence-electron chi connectivity index (χ3n) is 2.24. The quantitative estimate of drug-likeness (QED) is 0.584. The van der Waals surface area contributed by atoms with E-state index in [1.165, 1.54) is 18.9 Å². The zero-order valence-corrected chi connectivity index (χ0v) is 12.7. The standard InChI is InChI=1S/C11H21N5O2S/c1-11(2,3)12-6-7-16-10(13-14-15-16)19-8-5-9(17)18-4/h12H,5-8H2,1-4H3. The first kappa shape index (κ1) is 15.9. The van der Waals surface area contributed by atoms with Crippen molar-refractivity contribution in [3.63, 3.8) is 0 Å². The van der Waals surface area contributed by atoms with Crippen molar-refractivity contribution in [2.75, 3.05) is 19.4 Å². The Balaban J connectivity index is 2.36. The van der Waals surface area contributed by atoms with E-state index in [9.17, 15) is 4.79 Å². The molecule has 19 heavy (non-hydrogen) atoms. The molecule has 0 saturated heterocycles. The van der Waals surface area contributed by atoms with Crippen molar-refractivity contribution in [1.29, 1.82) is 0 Å². The lowest BCUT2D eigenvalue weighted by molar-refractivity contribution is -0.140. The van der Waals surface area contributed by atoms with Crippen molar-refractivity contribution in [3.05, 3.63) is 0 Å². The van der Waals surface area contributed by atoms with Crippen molar-refractivity contribution in [1.82, 2.24) is 25.5 Å². The van der Waals surface area contributed by atoms with E-state index < -0.39 is 0 Å². The number of methoxy groups -OCH3 is 1. The average molecular weight is 287 g/mol. The normalized spacial score (nSPS) is 11.6. The zero-order chi connectivity index (χ0) is 14.3. The van der Waals surface area contributed by atoms with E-state index in [-0.39, 0.29) is 11.5 Å². The Morgan fingerprint density at radius 2 is 2.21 bits per heavy atom. The van der Waals surface area contributed by atoms with Crippen molar-refractivity contribution in [2.24, 2.45) is 0 Å². The van der Waals surface area contributed by atoms with Crippen molar-refractivity contribution < 1.29 is 9.53 Å². The van der Waals surface area contributed by atoms with E-state index in [4.69, 9.17) is 0 Å². The summed E-state index contributed by atoms with van der Waals surface area (Å²) in [5.74, 6) is 0.389. The zero-order valence-electron chi connectivity index (χ0n) is 11.8. The van der Waals surface area contributed by atoms with Crippen LogP contribution in [0.3, 0.4) is 0 Å². The van der Waals surface area contributed by atoms with Gasteiger partial charge in [0.05, 0.1) is 20.1 Å². The number of carbonyl (C=O) groups excluding carboxylic acids is 1. The summed E-state index contributed by atoms with van der Waals surface area (Å²) < 4.78 is 6.32. The maximum atomic E-state index is 11.0. The van der Waals surface area contributed by atoms with Crippen LogP contribution in [0.4, 0.5) is 0 Å². The second-order valence-corrected chi connectivity index (χ2v) is 6.10. The molecule has 0 bridgehead atoms. The molecular formula is C11H21N5O2S. The van der Waals surface area contributed by atoms with E-state index in [1.54, 1.807) is 4.68 Å². The van der Waals surface area contributed by atoms with Gasteiger partial charge in [-0.15, -0.1) is 5.10 Å². The smallest absolute Gasteiger partial charge is 0.306 e. The number of aromatic nitrogens is 4. The Hall–Kier alpha value is -1.15. The molecule has 0 atom stereocenters. The highest BCUT2D eigenvalue weighted by Crippen LogP contribution is 2.14. The molecule has 1 aromatic heterocycles. The maximum Gasteiger partial charge on any atom is 0.306 e. The van der Waals surface area contributed by atoms with Gasteiger partial charge in [0, 0.05) is 17.8 Å². The molecule has 0 aliphatic heterocycles.